The standard InChI is InChI=1S/C21H20ClN3O2/c1-27-20-9-5-3-7-16(20)13-24-18-10-17(11-23-14-18)21(26)25-12-15-6-2-4-8-19(15)22/h2-11,14,24H,12-13H2,1H3,(H,25,26). The number of aromatic nitrogens is 1. The molecule has 1 heterocycles. The van der Waals surface area contributed by atoms with Crippen LogP contribution in [0.15, 0.2) is 67.0 Å². The van der Waals surface area contributed by atoms with Crippen molar-refractivity contribution in [1.29, 1.82) is 0 Å². The molecule has 0 bridgehead atoms. The Morgan fingerprint density at radius 1 is 1.04 bits per heavy atom. The fourth-order valence-electron chi connectivity index (χ4n) is 2.63. The molecule has 1 amide bonds. The third-order valence-corrected chi connectivity index (χ3v) is 4.44. The summed E-state index contributed by atoms with van der Waals surface area (Å²) in [6, 6.07) is 17.0. The Labute approximate surface area is 163 Å². The minimum atomic E-state index is -0.205. The van der Waals surface area contributed by atoms with Crippen molar-refractivity contribution in [2.75, 3.05) is 12.4 Å². The van der Waals surface area contributed by atoms with E-state index in [0.29, 0.717) is 23.7 Å². The average Bonchev–Trinajstić information content (AvgIpc) is 2.72. The normalized spacial score (nSPS) is 10.3. The lowest BCUT2D eigenvalue weighted by Crippen LogP contribution is -2.23. The Morgan fingerprint density at radius 2 is 1.78 bits per heavy atom. The number of para-hydroxylation sites is 1. The van der Waals surface area contributed by atoms with Gasteiger partial charge >= 0.3 is 0 Å². The first-order chi connectivity index (χ1) is 13.2. The second kappa shape index (κ2) is 9.05. The highest BCUT2D eigenvalue weighted by molar-refractivity contribution is 6.31. The molecule has 6 heteroatoms. The van der Waals surface area contributed by atoms with Crippen LogP contribution in [0.5, 0.6) is 5.75 Å². The number of nitrogens with one attached hydrogen (secondary N) is 2. The van der Waals surface area contributed by atoms with Gasteiger partial charge in [0.25, 0.3) is 5.91 Å². The monoisotopic (exact) mass is 381 g/mol. The van der Waals surface area contributed by atoms with Gasteiger partial charge in [0.2, 0.25) is 0 Å². The highest BCUT2D eigenvalue weighted by Crippen LogP contribution is 2.19. The lowest BCUT2D eigenvalue weighted by atomic mass is 10.2. The third-order valence-electron chi connectivity index (χ3n) is 4.07. The molecule has 2 N–H and O–H groups in total. The number of carbonyl (C=O) groups excluding carboxylic acids is 1. The smallest absolute Gasteiger partial charge is 0.253 e. The molecule has 0 aliphatic heterocycles. The number of anilines is 1. The van der Waals surface area contributed by atoms with Crippen LogP contribution in [0.2, 0.25) is 5.02 Å². The Bertz CT molecular complexity index is 931. The van der Waals surface area contributed by atoms with Crippen LogP contribution in [0.3, 0.4) is 0 Å². The number of methoxy groups -OCH3 is 1. The van der Waals surface area contributed by atoms with Crippen LogP contribution < -0.4 is 15.4 Å². The Balaban J connectivity index is 1.62. The summed E-state index contributed by atoms with van der Waals surface area (Å²) in [4.78, 5) is 16.6. The maximum atomic E-state index is 12.4. The molecule has 138 valence electrons. The van der Waals surface area contributed by atoms with Crippen molar-refractivity contribution in [3.05, 3.63) is 88.7 Å². The van der Waals surface area contributed by atoms with Gasteiger partial charge in [0, 0.05) is 36.1 Å². The number of benzene rings is 2. The molecule has 0 atom stereocenters. The van der Waals surface area contributed by atoms with Crippen LogP contribution >= 0.6 is 11.6 Å². The summed E-state index contributed by atoms with van der Waals surface area (Å²) in [5.74, 6) is 0.606. The van der Waals surface area contributed by atoms with Crippen molar-refractivity contribution in [3.63, 3.8) is 0 Å². The summed E-state index contributed by atoms with van der Waals surface area (Å²) >= 11 is 6.12. The molecule has 0 saturated carbocycles. The maximum Gasteiger partial charge on any atom is 0.253 e. The van der Waals surface area contributed by atoms with Crippen LogP contribution in [0.25, 0.3) is 0 Å². The van der Waals surface area contributed by atoms with E-state index in [1.54, 1.807) is 25.4 Å². The predicted molar refractivity (Wildman–Crippen MR) is 107 cm³/mol. The largest absolute Gasteiger partial charge is 0.496 e. The fourth-order valence-corrected chi connectivity index (χ4v) is 2.83. The van der Waals surface area contributed by atoms with Crippen LogP contribution in [-0.4, -0.2) is 18.0 Å². The fraction of sp³-hybridized carbons (Fsp3) is 0.143. The first-order valence-electron chi connectivity index (χ1n) is 8.50. The minimum absolute atomic E-state index is 0.205. The van der Waals surface area contributed by atoms with Gasteiger partial charge in [0.15, 0.2) is 0 Å². The predicted octanol–water partition coefficient (Wildman–Crippen LogP) is 4.29. The quantitative estimate of drug-likeness (QED) is 0.641. The molecule has 1 aromatic heterocycles. The first kappa shape index (κ1) is 18.7. The maximum absolute atomic E-state index is 12.4. The van der Waals surface area contributed by atoms with Crippen molar-refractivity contribution in [2.24, 2.45) is 0 Å². The summed E-state index contributed by atoms with van der Waals surface area (Å²) in [5.41, 5.74) is 3.12. The topological polar surface area (TPSA) is 63.2 Å². The van der Waals surface area contributed by atoms with E-state index < -0.39 is 0 Å². The number of rotatable bonds is 7. The van der Waals surface area contributed by atoms with E-state index in [4.69, 9.17) is 16.3 Å². The number of carbonyl (C=O) groups is 1. The minimum Gasteiger partial charge on any atom is -0.496 e. The summed E-state index contributed by atoms with van der Waals surface area (Å²) in [6.07, 6.45) is 3.22. The molecule has 3 rings (SSSR count). The van der Waals surface area contributed by atoms with Gasteiger partial charge in [-0.3, -0.25) is 9.78 Å². The number of ether oxygens (including phenoxy) is 1. The zero-order valence-electron chi connectivity index (χ0n) is 14.9. The molecule has 27 heavy (non-hydrogen) atoms. The molecule has 5 nitrogen and oxygen atoms in total. The van der Waals surface area contributed by atoms with E-state index in [-0.39, 0.29) is 5.91 Å². The van der Waals surface area contributed by atoms with E-state index in [9.17, 15) is 4.79 Å². The van der Waals surface area contributed by atoms with Gasteiger partial charge in [0.05, 0.1) is 18.4 Å². The molecule has 2 aromatic carbocycles. The molecule has 3 aromatic rings. The van der Waals surface area contributed by atoms with Crippen LogP contribution in [0.4, 0.5) is 5.69 Å². The molecular formula is C21H20ClN3O2. The van der Waals surface area contributed by atoms with Crippen molar-refractivity contribution >= 4 is 23.2 Å². The SMILES string of the molecule is COc1ccccc1CNc1cncc(C(=O)NCc2ccccc2Cl)c1. The Kier molecular flexibility index (Phi) is 6.28. The van der Waals surface area contributed by atoms with Crippen molar-refractivity contribution < 1.29 is 9.53 Å². The van der Waals surface area contributed by atoms with Crippen molar-refractivity contribution in [1.82, 2.24) is 10.3 Å². The number of halogens is 1. The van der Waals surface area contributed by atoms with Crippen molar-refractivity contribution in [3.8, 4) is 5.75 Å². The Hall–Kier alpha value is -3.05. The first-order valence-corrected chi connectivity index (χ1v) is 8.87. The molecular weight excluding hydrogens is 362 g/mol. The van der Waals surface area contributed by atoms with Gasteiger partial charge in [-0.15, -0.1) is 0 Å². The van der Waals surface area contributed by atoms with Gasteiger partial charge in [-0.05, 0) is 23.8 Å². The van der Waals surface area contributed by atoms with E-state index >= 15 is 0 Å². The van der Waals surface area contributed by atoms with Crippen LogP contribution in [-0.2, 0) is 13.1 Å². The molecule has 0 aliphatic carbocycles. The third kappa shape index (κ3) is 4.99. The van der Waals surface area contributed by atoms with Gasteiger partial charge < -0.3 is 15.4 Å². The zero-order valence-corrected chi connectivity index (χ0v) is 15.7. The van der Waals surface area contributed by atoms with Crippen molar-refractivity contribution in [2.45, 2.75) is 13.1 Å². The molecule has 0 saturated heterocycles. The second-order valence-corrected chi connectivity index (χ2v) is 6.31. The van der Waals surface area contributed by atoms with Gasteiger partial charge in [-0.2, -0.15) is 0 Å². The molecule has 0 radical (unpaired) electrons. The number of nitrogens with zero attached hydrogens (tertiary/aromatic N) is 1. The van der Waals surface area contributed by atoms with Crippen LogP contribution in [0.1, 0.15) is 21.5 Å². The van der Waals surface area contributed by atoms with E-state index in [0.717, 1.165) is 22.6 Å². The molecule has 0 aliphatic rings. The number of hydrogen-bond donors (Lipinski definition) is 2. The molecule has 0 spiro atoms. The van der Waals surface area contributed by atoms with Gasteiger partial charge in [0.1, 0.15) is 5.75 Å². The number of hydrogen-bond acceptors (Lipinski definition) is 4. The van der Waals surface area contributed by atoms with Crippen LogP contribution in [0, 0.1) is 0 Å². The Morgan fingerprint density at radius 3 is 2.56 bits per heavy atom. The average molecular weight is 382 g/mol. The lowest BCUT2D eigenvalue weighted by molar-refractivity contribution is 0.0950. The summed E-state index contributed by atoms with van der Waals surface area (Å²) in [7, 11) is 1.64. The molecule has 0 fully saturated rings. The second-order valence-electron chi connectivity index (χ2n) is 5.90. The summed E-state index contributed by atoms with van der Waals surface area (Å²) in [6.45, 7) is 0.924. The lowest BCUT2D eigenvalue weighted by Gasteiger charge is -2.11. The summed E-state index contributed by atoms with van der Waals surface area (Å²) in [5, 5.41) is 6.76. The number of pyridine rings is 1. The van der Waals surface area contributed by atoms with E-state index in [2.05, 4.69) is 15.6 Å². The highest BCUT2D eigenvalue weighted by atomic mass is 35.5. The highest BCUT2D eigenvalue weighted by Gasteiger charge is 2.09. The van der Waals surface area contributed by atoms with E-state index in [1.165, 1.54) is 6.20 Å². The number of amides is 1. The van der Waals surface area contributed by atoms with Gasteiger partial charge in [-0.1, -0.05) is 48.0 Å². The summed E-state index contributed by atoms with van der Waals surface area (Å²) < 4.78 is 5.35. The molecule has 0 unspecified atom stereocenters. The zero-order chi connectivity index (χ0) is 19.1. The van der Waals surface area contributed by atoms with E-state index in [1.807, 2.05) is 42.5 Å². The van der Waals surface area contributed by atoms with Gasteiger partial charge in [-0.25, -0.2) is 0 Å².